The fourth-order valence-electron chi connectivity index (χ4n) is 5.74. The van der Waals surface area contributed by atoms with Crippen LogP contribution >= 0.6 is 24.8 Å². The van der Waals surface area contributed by atoms with Crippen LogP contribution in [0, 0.1) is 12.8 Å². The molecule has 0 aliphatic carbocycles. The molecular formula is C27H35Cl2F3N6O2. The highest BCUT2D eigenvalue weighted by Gasteiger charge is 2.49. The number of piperazine rings is 1. The maximum atomic E-state index is 13.8. The van der Waals surface area contributed by atoms with Gasteiger partial charge in [-0.3, -0.25) is 19.4 Å². The number of nitrogens with zero attached hydrogens (tertiary/aromatic N) is 6. The Morgan fingerprint density at radius 3 is 2.25 bits per heavy atom. The first-order valence-corrected chi connectivity index (χ1v) is 12.9. The predicted octanol–water partition coefficient (Wildman–Crippen LogP) is 3.70. The molecule has 3 aliphatic rings. The van der Waals surface area contributed by atoms with Crippen molar-refractivity contribution in [3.05, 3.63) is 47.7 Å². The molecule has 0 N–H and O–H groups in total. The van der Waals surface area contributed by atoms with Gasteiger partial charge in [0.25, 0.3) is 0 Å². The highest BCUT2D eigenvalue weighted by atomic mass is 35.5. The molecule has 2 fully saturated rings. The van der Waals surface area contributed by atoms with Crippen molar-refractivity contribution in [3.8, 4) is 0 Å². The molecule has 40 heavy (non-hydrogen) atoms. The van der Waals surface area contributed by atoms with E-state index in [1.165, 1.54) is 16.7 Å². The molecule has 1 aromatic carbocycles. The van der Waals surface area contributed by atoms with Gasteiger partial charge in [-0.2, -0.15) is 13.2 Å². The van der Waals surface area contributed by atoms with E-state index >= 15 is 0 Å². The molecule has 220 valence electrons. The molecule has 0 saturated carbocycles. The lowest BCUT2D eigenvalue weighted by Gasteiger charge is -2.40. The summed E-state index contributed by atoms with van der Waals surface area (Å²) in [5, 5.41) is 0. The Morgan fingerprint density at radius 2 is 1.60 bits per heavy atom. The summed E-state index contributed by atoms with van der Waals surface area (Å²) in [4.78, 5) is 41.1. The van der Waals surface area contributed by atoms with Gasteiger partial charge in [-0.05, 0) is 38.2 Å². The molecule has 0 spiro atoms. The Balaban J connectivity index is 0.00000220. The van der Waals surface area contributed by atoms with E-state index in [0.29, 0.717) is 18.8 Å². The van der Waals surface area contributed by atoms with Gasteiger partial charge in [0.2, 0.25) is 11.8 Å². The summed E-state index contributed by atoms with van der Waals surface area (Å²) in [6.07, 6.45) is -4.53. The van der Waals surface area contributed by atoms with Crippen LogP contribution in [0.3, 0.4) is 0 Å². The average molecular weight is 604 g/mol. The van der Waals surface area contributed by atoms with Crippen LogP contribution < -0.4 is 14.7 Å². The molecule has 2 atom stereocenters. The monoisotopic (exact) mass is 602 g/mol. The van der Waals surface area contributed by atoms with E-state index in [9.17, 15) is 22.8 Å². The third-order valence-electron chi connectivity index (χ3n) is 7.85. The Bertz CT molecular complexity index is 1220. The van der Waals surface area contributed by atoms with E-state index in [4.69, 9.17) is 0 Å². The Morgan fingerprint density at radius 1 is 0.950 bits per heavy atom. The Kier molecular flexibility index (Phi) is 9.98. The maximum Gasteiger partial charge on any atom is 0.416 e. The van der Waals surface area contributed by atoms with Crippen LogP contribution in [0.1, 0.15) is 17.7 Å². The number of fused-ring (bicyclic) bond motifs is 2. The fourth-order valence-corrected chi connectivity index (χ4v) is 5.74. The molecule has 0 unspecified atom stereocenters. The summed E-state index contributed by atoms with van der Waals surface area (Å²) in [7, 11) is 3.77. The van der Waals surface area contributed by atoms with Crippen LogP contribution in [0.5, 0.6) is 0 Å². The van der Waals surface area contributed by atoms with E-state index < -0.39 is 29.6 Å². The van der Waals surface area contributed by atoms with E-state index in [-0.39, 0.29) is 48.7 Å². The topological polar surface area (TPSA) is 63.2 Å². The number of carbonyl (C=O) groups is 2. The van der Waals surface area contributed by atoms with Crippen LogP contribution in [-0.4, -0.2) is 92.5 Å². The number of aromatic nitrogens is 1. The van der Waals surface area contributed by atoms with Gasteiger partial charge in [-0.25, -0.2) is 4.98 Å². The highest BCUT2D eigenvalue weighted by Crippen LogP contribution is 2.40. The van der Waals surface area contributed by atoms with E-state index in [1.54, 1.807) is 7.05 Å². The van der Waals surface area contributed by atoms with Gasteiger partial charge in [0.1, 0.15) is 11.9 Å². The lowest BCUT2D eigenvalue weighted by atomic mass is 9.95. The van der Waals surface area contributed by atoms with E-state index in [2.05, 4.69) is 26.7 Å². The second-order valence-electron chi connectivity index (χ2n) is 10.5. The van der Waals surface area contributed by atoms with Crippen molar-refractivity contribution in [2.45, 2.75) is 25.6 Å². The zero-order valence-electron chi connectivity index (χ0n) is 22.7. The van der Waals surface area contributed by atoms with E-state index in [0.717, 1.165) is 50.5 Å². The third kappa shape index (κ3) is 6.32. The van der Waals surface area contributed by atoms with Crippen molar-refractivity contribution in [2.24, 2.45) is 5.92 Å². The fraction of sp³-hybridized carbons (Fsp3) is 0.519. The largest absolute Gasteiger partial charge is 0.416 e. The number of aryl methyl sites for hydroxylation is 1. The van der Waals surface area contributed by atoms with Gasteiger partial charge in [0.15, 0.2) is 0 Å². The molecule has 3 aliphatic heterocycles. The number of carbonyl (C=O) groups excluding carboxylic acids is 2. The molecule has 5 rings (SSSR count). The first-order chi connectivity index (χ1) is 18.0. The molecule has 2 saturated heterocycles. The highest BCUT2D eigenvalue weighted by molar-refractivity contribution is 6.10. The zero-order chi connectivity index (χ0) is 27.2. The number of halogens is 5. The second kappa shape index (κ2) is 12.5. The normalized spacial score (nSPS) is 22.2. The van der Waals surface area contributed by atoms with Crippen LogP contribution in [0.25, 0.3) is 0 Å². The number of anilines is 3. The number of pyridine rings is 1. The number of para-hydroxylation sites is 2. The summed E-state index contributed by atoms with van der Waals surface area (Å²) in [6.45, 7) is 7.40. The first kappa shape index (κ1) is 31.9. The lowest BCUT2D eigenvalue weighted by molar-refractivity contribution is -0.137. The van der Waals surface area contributed by atoms with E-state index in [1.807, 2.05) is 24.3 Å². The molecule has 13 heteroatoms. The predicted molar refractivity (Wildman–Crippen MR) is 154 cm³/mol. The van der Waals surface area contributed by atoms with Crippen molar-refractivity contribution in [3.63, 3.8) is 0 Å². The summed E-state index contributed by atoms with van der Waals surface area (Å²) in [5.41, 5.74) is 0.871. The lowest BCUT2D eigenvalue weighted by Crippen LogP contribution is -2.53. The minimum Gasteiger partial charge on any atom is -0.368 e. The number of benzene rings is 1. The zero-order valence-corrected chi connectivity index (χ0v) is 24.4. The number of rotatable bonds is 4. The Hall–Kier alpha value is -2.60. The molecule has 8 nitrogen and oxygen atoms in total. The minimum atomic E-state index is -4.59. The first-order valence-electron chi connectivity index (χ1n) is 12.9. The summed E-state index contributed by atoms with van der Waals surface area (Å²) in [6, 6.07) is 8.51. The van der Waals surface area contributed by atoms with Gasteiger partial charge in [-0.15, -0.1) is 24.8 Å². The molecule has 2 amide bonds. The van der Waals surface area contributed by atoms with Crippen LogP contribution in [0.15, 0.2) is 36.4 Å². The molecule has 0 radical (unpaired) electrons. The molecule has 4 heterocycles. The number of likely N-dealkylation sites (N-methyl/N-ethyl adjacent to an activating group) is 2. The van der Waals surface area contributed by atoms with Crippen molar-refractivity contribution >= 4 is 53.8 Å². The van der Waals surface area contributed by atoms with Crippen molar-refractivity contribution in [1.29, 1.82) is 0 Å². The summed E-state index contributed by atoms with van der Waals surface area (Å²) < 4.78 is 40.7. The molecule has 1 aromatic heterocycles. The summed E-state index contributed by atoms with van der Waals surface area (Å²) in [5.74, 6) is -1.24. The molecule has 0 bridgehead atoms. The van der Waals surface area contributed by atoms with Crippen molar-refractivity contribution in [2.75, 3.05) is 74.6 Å². The quantitative estimate of drug-likeness (QED) is 0.532. The number of hydrogen-bond donors (Lipinski definition) is 0. The van der Waals surface area contributed by atoms with Crippen molar-refractivity contribution < 1.29 is 22.8 Å². The molecule has 2 aromatic rings. The van der Waals surface area contributed by atoms with Gasteiger partial charge < -0.3 is 14.7 Å². The van der Waals surface area contributed by atoms with Gasteiger partial charge in [-0.1, -0.05) is 12.1 Å². The number of amides is 2. The van der Waals surface area contributed by atoms with Crippen LogP contribution in [-0.2, 0) is 15.8 Å². The summed E-state index contributed by atoms with van der Waals surface area (Å²) >= 11 is 0. The minimum absolute atomic E-state index is 0. The van der Waals surface area contributed by atoms with Crippen molar-refractivity contribution in [1.82, 2.24) is 14.8 Å². The van der Waals surface area contributed by atoms with Gasteiger partial charge in [0.05, 0.1) is 16.9 Å². The van der Waals surface area contributed by atoms with Crippen LogP contribution in [0.4, 0.5) is 30.4 Å². The van der Waals surface area contributed by atoms with Gasteiger partial charge in [0, 0.05) is 70.9 Å². The Labute approximate surface area is 244 Å². The number of alkyl halides is 3. The van der Waals surface area contributed by atoms with Crippen LogP contribution in [0.2, 0.25) is 0 Å². The maximum absolute atomic E-state index is 13.8. The SMILES string of the molecule is Cc1cc(C(F)(F)F)cc(N2C(=O)C[C@@H]3CN(CCN4CCN(C)CC4)c4ccccc4N(C)C(=O)[C@H]32)n1.Cl.Cl. The number of hydrogen-bond acceptors (Lipinski definition) is 6. The van der Waals surface area contributed by atoms with Gasteiger partial charge >= 0.3 is 6.18 Å². The smallest absolute Gasteiger partial charge is 0.368 e. The average Bonchev–Trinajstić information content (AvgIpc) is 3.20. The third-order valence-corrected chi connectivity index (χ3v) is 7.85. The molecular weight excluding hydrogens is 568 g/mol. The second-order valence-corrected chi connectivity index (χ2v) is 10.5. The standard InChI is InChI=1S/C27H33F3N6O2.2ClH/c1-18-14-20(27(28,29)30)16-23(31-18)36-24(37)15-19-17-35(13-12-34-10-8-32(2)9-11-34)22-7-5-4-6-21(22)33(3)26(38)25(19)36;;/h4-7,14,16,19,25H,8-13,15,17H2,1-3H3;2*1H/t19-,25+;;/m1../s1.